The Morgan fingerprint density at radius 3 is 2.55 bits per heavy atom. The highest BCUT2D eigenvalue weighted by molar-refractivity contribution is 7.16. The minimum Gasteiger partial charge on any atom is -0.494 e. The van der Waals surface area contributed by atoms with Crippen molar-refractivity contribution in [3.8, 4) is 17.0 Å². The summed E-state index contributed by atoms with van der Waals surface area (Å²) in [7, 11) is 0. The summed E-state index contributed by atoms with van der Waals surface area (Å²) in [5, 5.41) is 5.85. The van der Waals surface area contributed by atoms with Gasteiger partial charge < -0.3 is 4.74 Å². The van der Waals surface area contributed by atoms with Crippen LogP contribution in [0.25, 0.3) is 16.2 Å². The summed E-state index contributed by atoms with van der Waals surface area (Å²) in [5.41, 5.74) is 3.19. The standard InChI is InChI=1S/C17H21N3OS/c1-5-21-14-8-6-13(7-9-14)16-12(4)20-17(18-16)22-15(19-20)10-11(2)3/h6-9,11H,5,10H2,1-4H3. The van der Waals surface area contributed by atoms with E-state index in [-0.39, 0.29) is 0 Å². The average molecular weight is 315 g/mol. The minimum absolute atomic E-state index is 0.613. The normalized spacial score (nSPS) is 11.5. The molecule has 3 rings (SSSR count). The van der Waals surface area contributed by atoms with Crippen LogP contribution >= 0.6 is 11.3 Å². The largest absolute Gasteiger partial charge is 0.494 e. The van der Waals surface area contributed by atoms with E-state index in [1.807, 2.05) is 23.6 Å². The molecule has 0 aliphatic heterocycles. The Balaban J connectivity index is 1.94. The molecule has 0 amide bonds. The smallest absolute Gasteiger partial charge is 0.212 e. The summed E-state index contributed by atoms with van der Waals surface area (Å²) < 4.78 is 7.45. The van der Waals surface area contributed by atoms with Gasteiger partial charge in [-0.1, -0.05) is 25.2 Å². The van der Waals surface area contributed by atoms with Crippen LogP contribution in [0.15, 0.2) is 24.3 Å². The highest BCUT2D eigenvalue weighted by atomic mass is 32.1. The number of nitrogens with zero attached hydrogens (tertiary/aromatic N) is 3. The summed E-state index contributed by atoms with van der Waals surface area (Å²) in [5.74, 6) is 1.50. The van der Waals surface area contributed by atoms with Crippen molar-refractivity contribution < 1.29 is 4.74 Å². The van der Waals surface area contributed by atoms with Crippen LogP contribution < -0.4 is 4.74 Å². The molecule has 0 aliphatic carbocycles. The molecule has 0 N–H and O–H groups in total. The molecular formula is C17H21N3OS. The van der Waals surface area contributed by atoms with Crippen molar-refractivity contribution in [3.05, 3.63) is 35.0 Å². The van der Waals surface area contributed by atoms with E-state index in [2.05, 4.69) is 32.9 Å². The fraction of sp³-hybridized carbons (Fsp3) is 0.412. The SMILES string of the molecule is CCOc1ccc(-c2nc3sc(CC(C)C)nn3c2C)cc1. The third kappa shape index (κ3) is 2.86. The van der Waals surface area contributed by atoms with E-state index in [9.17, 15) is 0 Å². The van der Waals surface area contributed by atoms with Gasteiger partial charge in [-0.2, -0.15) is 5.10 Å². The van der Waals surface area contributed by atoms with Crippen molar-refractivity contribution in [2.45, 2.75) is 34.1 Å². The van der Waals surface area contributed by atoms with Gasteiger partial charge in [-0.25, -0.2) is 9.50 Å². The van der Waals surface area contributed by atoms with Crippen molar-refractivity contribution in [1.82, 2.24) is 14.6 Å². The highest BCUT2D eigenvalue weighted by Gasteiger charge is 2.15. The lowest BCUT2D eigenvalue weighted by atomic mass is 10.1. The lowest BCUT2D eigenvalue weighted by molar-refractivity contribution is 0.340. The number of hydrogen-bond donors (Lipinski definition) is 0. The predicted molar refractivity (Wildman–Crippen MR) is 90.7 cm³/mol. The molecule has 0 atom stereocenters. The van der Waals surface area contributed by atoms with E-state index in [1.165, 1.54) is 0 Å². The molecule has 0 radical (unpaired) electrons. The van der Waals surface area contributed by atoms with Gasteiger partial charge in [0.05, 0.1) is 18.0 Å². The second-order valence-electron chi connectivity index (χ2n) is 5.79. The second-order valence-corrected chi connectivity index (χ2v) is 6.83. The first kappa shape index (κ1) is 15.0. The molecule has 4 nitrogen and oxygen atoms in total. The third-order valence-electron chi connectivity index (χ3n) is 3.49. The minimum atomic E-state index is 0.613. The molecule has 116 valence electrons. The molecule has 2 aromatic heterocycles. The number of benzene rings is 1. The summed E-state index contributed by atoms with van der Waals surface area (Å²) in [6.07, 6.45) is 1.01. The van der Waals surface area contributed by atoms with Crippen LogP contribution in [-0.4, -0.2) is 21.2 Å². The summed E-state index contributed by atoms with van der Waals surface area (Å²) in [4.78, 5) is 5.73. The molecule has 3 aromatic rings. The lowest BCUT2D eigenvalue weighted by Crippen LogP contribution is -1.96. The maximum Gasteiger partial charge on any atom is 0.212 e. The van der Waals surface area contributed by atoms with Crippen molar-refractivity contribution in [3.63, 3.8) is 0 Å². The van der Waals surface area contributed by atoms with Gasteiger partial charge in [0.1, 0.15) is 10.8 Å². The Kier molecular flexibility index (Phi) is 4.16. The summed E-state index contributed by atoms with van der Waals surface area (Å²) in [6, 6.07) is 8.09. The summed E-state index contributed by atoms with van der Waals surface area (Å²) in [6.45, 7) is 9.17. The van der Waals surface area contributed by atoms with E-state index in [0.717, 1.165) is 39.1 Å². The molecule has 0 saturated carbocycles. The zero-order valence-corrected chi connectivity index (χ0v) is 14.3. The quantitative estimate of drug-likeness (QED) is 0.702. The van der Waals surface area contributed by atoms with Crippen molar-refractivity contribution in [2.75, 3.05) is 6.61 Å². The van der Waals surface area contributed by atoms with Gasteiger partial charge in [0.15, 0.2) is 0 Å². The van der Waals surface area contributed by atoms with Crippen LogP contribution in [0, 0.1) is 12.8 Å². The number of imidazole rings is 1. The lowest BCUT2D eigenvalue weighted by Gasteiger charge is -2.04. The Bertz CT molecular complexity index is 771. The molecule has 0 unspecified atom stereocenters. The second kappa shape index (κ2) is 6.08. The highest BCUT2D eigenvalue weighted by Crippen LogP contribution is 2.28. The van der Waals surface area contributed by atoms with E-state index >= 15 is 0 Å². The number of ether oxygens (including phenoxy) is 1. The fourth-order valence-corrected chi connectivity index (χ4v) is 3.62. The van der Waals surface area contributed by atoms with Gasteiger partial charge in [-0.05, 0) is 44.0 Å². The predicted octanol–water partition coefficient (Wildman–Crippen LogP) is 4.36. The average Bonchev–Trinajstić information content (AvgIpc) is 2.99. The monoisotopic (exact) mass is 315 g/mol. The van der Waals surface area contributed by atoms with E-state index in [4.69, 9.17) is 14.8 Å². The number of hydrogen-bond acceptors (Lipinski definition) is 4. The zero-order chi connectivity index (χ0) is 15.7. The first-order chi connectivity index (χ1) is 10.6. The first-order valence-corrected chi connectivity index (χ1v) is 8.48. The van der Waals surface area contributed by atoms with Gasteiger partial charge in [0.25, 0.3) is 0 Å². The molecule has 22 heavy (non-hydrogen) atoms. The van der Waals surface area contributed by atoms with Crippen LogP contribution in [0.4, 0.5) is 0 Å². The maximum atomic E-state index is 5.49. The number of rotatable bonds is 5. The molecule has 0 fully saturated rings. The fourth-order valence-electron chi connectivity index (χ4n) is 2.47. The molecule has 0 aliphatic rings. The van der Waals surface area contributed by atoms with Crippen LogP contribution in [0.5, 0.6) is 5.75 Å². The maximum absolute atomic E-state index is 5.49. The molecule has 5 heteroatoms. The molecule has 0 bridgehead atoms. The number of fused-ring (bicyclic) bond motifs is 1. The van der Waals surface area contributed by atoms with Crippen LogP contribution in [0.3, 0.4) is 0 Å². The van der Waals surface area contributed by atoms with Crippen molar-refractivity contribution >= 4 is 16.3 Å². The third-order valence-corrected chi connectivity index (χ3v) is 4.42. The summed E-state index contributed by atoms with van der Waals surface area (Å²) >= 11 is 1.68. The van der Waals surface area contributed by atoms with Gasteiger partial charge in [-0.15, -0.1) is 0 Å². The molecule has 0 saturated heterocycles. The topological polar surface area (TPSA) is 39.4 Å². The van der Waals surface area contributed by atoms with Gasteiger partial charge >= 0.3 is 0 Å². The van der Waals surface area contributed by atoms with E-state index in [1.54, 1.807) is 11.3 Å². The molecule has 2 heterocycles. The van der Waals surface area contributed by atoms with Gasteiger partial charge in [0.2, 0.25) is 4.96 Å². The van der Waals surface area contributed by atoms with Crippen LogP contribution in [0.2, 0.25) is 0 Å². The number of aryl methyl sites for hydroxylation is 1. The molecule has 0 spiro atoms. The van der Waals surface area contributed by atoms with Crippen LogP contribution in [-0.2, 0) is 6.42 Å². The van der Waals surface area contributed by atoms with E-state index < -0.39 is 0 Å². The molecular weight excluding hydrogens is 294 g/mol. The van der Waals surface area contributed by atoms with Gasteiger partial charge in [0, 0.05) is 12.0 Å². The number of aromatic nitrogens is 3. The van der Waals surface area contributed by atoms with Crippen LogP contribution in [0.1, 0.15) is 31.5 Å². The Morgan fingerprint density at radius 1 is 1.23 bits per heavy atom. The first-order valence-electron chi connectivity index (χ1n) is 7.66. The van der Waals surface area contributed by atoms with Crippen molar-refractivity contribution in [2.24, 2.45) is 5.92 Å². The molecule has 1 aromatic carbocycles. The zero-order valence-electron chi connectivity index (χ0n) is 13.5. The Labute approximate surface area is 134 Å². The van der Waals surface area contributed by atoms with E-state index in [0.29, 0.717) is 12.5 Å². The Morgan fingerprint density at radius 2 is 1.95 bits per heavy atom. The van der Waals surface area contributed by atoms with Crippen molar-refractivity contribution in [1.29, 1.82) is 0 Å². The van der Waals surface area contributed by atoms with Gasteiger partial charge in [-0.3, -0.25) is 0 Å². The Hall–Kier alpha value is -1.88.